The van der Waals surface area contributed by atoms with E-state index in [2.05, 4.69) is 60.2 Å². The Labute approximate surface area is 135 Å². The highest BCUT2D eigenvalue weighted by molar-refractivity contribution is 5.72. The SMILES string of the molecule is Cc1cc2c(cc1-c1ccnc3ncnn13)[C@H](C)CC(C)(C)N2. The molecule has 0 radical (unpaired) electrons. The van der Waals surface area contributed by atoms with Crippen molar-refractivity contribution in [1.82, 2.24) is 19.6 Å². The normalized spacial score (nSPS) is 19.4. The molecule has 3 aromatic rings. The van der Waals surface area contributed by atoms with E-state index in [1.165, 1.54) is 22.4 Å². The van der Waals surface area contributed by atoms with Gasteiger partial charge in [-0.05, 0) is 62.4 Å². The molecule has 5 heteroatoms. The molecule has 4 rings (SSSR count). The van der Waals surface area contributed by atoms with Crippen LogP contribution in [-0.2, 0) is 0 Å². The van der Waals surface area contributed by atoms with Crippen LogP contribution in [0.4, 0.5) is 5.69 Å². The Morgan fingerprint density at radius 2 is 2.09 bits per heavy atom. The third-order valence-corrected chi connectivity index (χ3v) is 4.67. The Kier molecular flexibility index (Phi) is 2.95. The maximum Gasteiger partial charge on any atom is 0.252 e. The van der Waals surface area contributed by atoms with Crippen LogP contribution in [0.15, 0.2) is 30.7 Å². The standard InChI is InChI=1S/C18H21N5/c1-11-7-15-13(12(2)9-18(3,4)22-15)8-14(11)16-5-6-19-17-20-10-21-23(16)17/h5-8,10,12,22H,9H2,1-4H3/t12-/m1/s1. The van der Waals surface area contributed by atoms with Crippen LogP contribution in [-0.4, -0.2) is 25.1 Å². The van der Waals surface area contributed by atoms with Crippen LogP contribution >= 0.6 is 0 Å². The molecule has 0 amide bonds. The van der Waals surface area contributed by atoms with Gasteiger partial charge < -0.3 is 5.32 Å². The zero-order valence-electron chi connectivity index (χ0n) is 14.0. The Morgan fingerprint density at radius 3 is 2.91 bits per heavy atom. The number of nitrogens with zero attached hydrogens (tertiary/aromatic N) is 4. The summed E-state index contributed by atoms with van der Waals surface area (Å²) >= 11 is 0. The second-order valence-corrected chi connectivity index (χ2v) is 7.17. The van der Waals surface area contributed by atoms with E-state index in [4.69, 9.17) is 0 Å². The molecule has 2 aromatic heterocycles. The molecule has 118 valence electrons. The van der Waals surface area contributed by atoms with Crippen molar-refractivity contribution < 1.29 is 0 Å². The first kappa shape index (κ1) is 14.2. The predicted octanol–water partition coefficient (Wildman–Crippen LogP) is 3.80. The van der Waals surface area contributed by atoms with Crippen LogP contribution in [0.2, 0.25) is 0 Å². The lowest BCUT2D eigenvalue weighted by atomic mass is 9.80. The number of nitrogens with one attached hydrogen (secondary N) is 1. The maximum atomic E-state index is 4.32. The lowest BCUT2D eigenvalue weighted by Crippen LogP contribution is -2.36. The average molecular weight is 307 g/mol. The molecule has 23 heavy (non-hydrogen) atoms. The Bertz CT molecular complexity index is 894. The van der Waals surface area contributed by atoms with E-state index >= 15 is 0 Å². The highest BCUT2D eigenvalue weighted by Gasteiger charge is 2.30. The fraction of sp³-hybridized carbons (Fsp3) is 0.389. The van der Waals surface area contributed by atoms with Gasteiger partial charge in [0.25, 0.3) is 5.78 Å². The van der Waals surface area contributed by atoms with Crippen molar-refractivity contribution in [2.24, 2.45) is 0 Å². The highest BCUT2D eigenvalue weighted by atomic mass is 15.3. The van der Waals surface area contributed by atoms with Gasteiger partial charge in [-0.1, -0.05) is 6.92 Å². The Balaban J connectivity index is 1.92. The summed E-state index contributed by atoms with van der Waals surface area (Å²) in [6.07, 6.45) is 4.47. The van der Waals surface area contributed by atoms with E-state index in [-0.39, 0.29) is 5.54 Å². The van der Waals surface area contributed by atoms with Crippen molar-refractivity contribution in [2.45, 2.75) is 45.6 Å². The van der Waals surface area contributed by atoms with Crippen molar-refractivity contribution in [3.05, 3.63) is 41.9 Å². The summed E-state index contributed by atoms with van der Waals surface area (Å²) in [5.41, 5.74) is 6.20. The van der Waals surface area contributed by atoms with Gasteiger partial charge in [0.2, 0.25) is 0 Å². The van der Waals surface area contributed by atoms with Crippen molar-refractivity contribution >= 4 is 11.5 Å². The molecule has 0 bridgehead atoms. The van der Waals surface area contributed by atoms with Gasteiger partial charge in [0.05, 0.1) is 5.69 Å². The summed E-state index contributed by atoms with van der Waals surface area (Å²) in [5, 5.41) is 7.99. The first-order valence-electron chi connectivity index (χ1n) is 8.02. The van der Waals surface area contributed by atoms with Crippen LogP contribution in [0.25, 0.3) is 17.0 Å². The fourth-order valence-corrected chi connectivity index (χ4v) is 3.75. The topological polar surface area (TPSA) is 55.1 Å². The second kappa shape index (κ2) is 4.78. The summed E-state index contributed by atoms with van der Waals surface area (Å²) in [7, 11) is 0. The molecule has 5 nitrogen and oxygen atoms in total. The maximum absolute atomic E-state index is 4.32. The van der Waals surface area contributed by atoms with E-state index in [0.717, 1.165) is 12.1 Å². The summed E-state index contributed by atoms with van der Waals surface area (Å²) in [5.74, 6) is 1.15. The molecule has 1 atom stereocenters. The smallest absolute Gasteiger partial charge is 0.252 e. The van der Waals surface area contributed by atoms with E-state index in [0.29, 0.717) is 11.7 Å². The molecule has 1 N–H and O–H groups in total. The van der Waals surface area contributed by atoms with Gasteiger partial charge in [-0.3, -0.25) is 0 Å². The highest BCUT2D eigenvalue weighted by Crippen LogP contribution is 2.41. The van der Waals surface area contributed by atoms with E-state index < -0.39 is 0 Å². The van der Waals surface area contributed by atoms with Gasteiger partial charge in [-0.15, -0.1) is 0 Å². The van der Waals surface area contributed by atoms with E-state index in [1.807, 2.05) is 6.07 Å². The molecule has 0 aliphatic carbocycles. The molecular formula is C18H21N5. The number of hydrogen-bond donors (Lipinski definition) is 1. The molecular weight excluding hydrogens is 286 g/mol. The molecule has 0 saturated heterocycles. The lowest BCUT2D eigenvalue weighted by Gasteiger charge is -2.38. The number of benzene rings is 1. The van der Waals surface area contributed by atoms with Crippen molar-refractivity contribution in [3.63, 3.8) is 0 Å². The minimum atomic E-state index is 0.135. The minimum absolute atomic E-state index is 0.135. The first-order chi connectivity index (χ1) is 10.9. The van der Waals surface area contributed by atoms with Gasteiger partial charge in [-0.2, -0.15) is 14.6 Å². The monoisotopic (exact) mass is 307 g/mol. The van der Waals surface area contributed by atoms with E-state index in [1.54, 1.807) is 17.0 Å². The second-order valence-electron chi connectivity index (χ2n) is 7.17. The van der Waals surface area contributed by atoms with Crippen LogP contribution in [0.3, 0.4) is 0 Å². The third kappa shape index (κ3) is 2.27. The number of rotatable bonds is 1. The molecule has 0 spiro atoms. The largest absolute Gasteiger partial charge is 0.380 e. The van der Waals surface area contributed by atoms with Gasteiger partial charge in [0, 0.05) is 23.0 Å². The van der Waals surface area contributed by atoms with Gasteiger partial charge in [-0.25, -0.2) is 4.98 Å². The lowest BCUT2D eigenvalue weighted by molar-refractivity contribution is 0.454. The molecule has 1 aromatic carbocycles. The van der Waals surface area contributed by atoms with E-state index in [9.17, 15) is 0 Å². The third-order valence-electron chi connectivity index (χ3n) is 4.67. The Morgan fingerprint density at radius 1 is 1.26 bits per heavy atom. The summed E-state index contributed by atoms with van der Waals surface area (Å²) in [6.45, 7) is 8.97. The number of fused-ring (bicyclic) bond motifs is 2. The number of hydrogen-bond acceptors (Lipinski definition) is 4. The molecule has 0 fully saturated rings. The van der Waals surface area contributed by atoms with Crippen molar-refractivity contribution in [1.29, 1.82) is 0 Å². The van der Waals surface area contributed by atoms with Gasteiger partial charge in [0.1, 0.15) is 6.33 Å². The van der Waals surface area contributed by atoms with Crippen molar-refractivity contribution in [2.75, 3.05) is 5.32 Å². The zero-order valence-corrected chi connectivity index (χ0v) is 14.0. The predicted molar refractivity (Wildman–Crippen MR) is 91.7 cm³/mol. The van der Waals surface area contributed by atoms with Crippen LogP contribution in [0.1, 0.15) is 44.2 Å². The summed E-state index contributed by atoms with van der Waals surface area (Å²) in [4.78, 5) is 8.44. The van der Waals surface area contributed by atoms with Crippen LogP contribution < -0.4 is 5.32 Å². The Hall–Kier alpha value is -2.43. The van der Waals surface area contributed by atoms with Crippen molar-refractivity contribution in [3.8, 4) is 11.3 Å². The van der Waals surface area contributed by atoms with Crippen LogP contribution in [0.5, 0.6) is 0 Å². The molecule has 0 unspecified atom stereocenters. The first-order valence-corrected chi connectivity index (χ1v) is 8.02. The average Bonchev–Trinajstić information content (AvgIpc) is 2.94. The number of anilines is 1. The van der Waals surface area contributed by atoms with Crippen LogP contribution in [0, 0.1) is 6.92 Å². The fourth-order valence-electron chi connectivity index (χ4n) is 3.75. The molecule has 0 saturated carbocycles. The quantitative estimate of drug-likeness (QED) is 0.743. The summed E-state index contributed by atoms with van der Waals surface area (Å²) in [6, 6.07) is 6.56. The minimum Gasteiger partial charge on any atom is -0.380 e. The molecule has 1 aliphatic heterocycles. The molecule has 1 aliphatic rings. The zero-order chi connectivity index (χ0) is 16.2. The summed E-state index contributed by atoms with van der Waals surface area (Å²) < 4.78 is 1.81. The van der Waals surface area contributed by atoms with Gasteiger partial charge in [0.15, 0.2) is 0 Å². The molecule has 3 heterocycles. The van der Waals surface area contributed by atoms with Gasteiger partial charge >= 0.3 is 0 Å². The number of aromatic nitrogens is 4. The number of aryl methyl sites for hydroxylation is 1.